The number of hydrogen-bond acceptors (Lipinski definition) is 3. The summed E-state index contributed by atoms with van der Waals surface area (Å²) in [6.07, 6.45) is 0.312. The van der Waals surface area contributed by atoms with Crippen LogP contribution in [0.3, 0.4) is 0 Å². The van der Waals surface area contributed by atoms with Crippen LogP contribution in [0.5, 0.6) is 0 Å². The van der Waals surface area contributed by atoms with Gasteiger partial charge in [-0.2, -0.15) is 0 Å². The fourth-order valence-corrected chi connectivity index (χ4v) is 3.52. The molecule has 0 aromatic heterocycles. The summed E-state index contributed by atoms with van der Waals surface area (Å²) in [5, 5.41) is 3.63. The summed E-state index contributed by atoms with van der Waals surface area (Å²) >= 11 is 17.9. The van der Waals surface area contributed by atoms with Crippen molar-refractivity contribution >= 4 is 58.2 Å². The van der Waals surface area contributed by atoms with Crippen LogP contribution in [-0.2, 0) is 4.79 Å². The maximum absolute atomic E-state index is 13.0. The molecule has 0 fully saturated rings. The molecule has 0 bridgehead atoms. The SMILES string of the molecule is CC(C)C[C@@H](C(=O)Nc1ccc(Cl)cc1)N1C(=O)c2cc(Cl)c(Cl)cc2C1=O. The van der Waals surface area contributed by atoms with E-state index >= 15 is 0 Å². The first kappa shape index (κ1) is 20.6. The van der Waals surface area contributed by atoms with E-state index in [1.165, 1.54) is 12.1 Å². The molecule has 2 aromatic carbocycles. The van der Waals surface area contributed by atoms with E-state index in [2.05, 4.69) is 5.32 Å². The van der Waals surface area contributed by atoms with E-state index in [1.807, 2.05) is 13.8 Å². The molecule has 0 radical (unpaired) electrons. The molecule has 3 amide bonds. The highest BCUT2D eigenvalue weighted by Crippen LogP contribution is 2.33. The molecule has 0 aliphatic carbocycles. The first-order chi connectivity index (χ1) is 13.2. The Balaban J connectivity index is 1.93. The lowest BCUT2D eigenvalue weighted by Crippen LogP contribution is -2.47. The Morgan fingerprint density at radius 2 is 1.46 bits per heavy atom. The zero-order valence-corrected chi connectivity index (χ0v) is 17.4. The Bertz CT molecular complexity index is 917. The standard InChI is InChI=1S/C20H17Cl3N2O3/c1-10(2)7-17(18(26)24-12-5-3-11(21)4-6-12)25-19(27)13-8-15(22)16(23)9-14(13)20(25)28/h3-6,8-10,17H,7H2,1-2H3,(H,24,26)/t17-/m0/s1. The Kier molecular flexibility index (Phi) is 5.98. The van der Waals surface area contributed by atoms with Crippen LogP contribution < -0.4 is 5.32 Å². The van der Waals surface area contributed by atoms with Gasteiger partial charge in [-0.25, -0.2) is 0 Å². The summed E-state index contributed by atoms with van der Waals surface area (Å²) in [5.74, 6) is -1.51. The number of benzene rings is 2. The van der Waals surface area contributed by atoms with E-state index in [0.29, 0.717) is 17.1 Å². The Hall–Kier alpha value is -2.08. The van der Waals surface area contributed by atoms with Gasteiger partial charge in [-0.3, -0.25) is 19.3 Å². The van der Waals surface area contributed by atoms with Crippen molar-refractivity contribution in [1.29, 1.82) is 0 Å². The van der Waals surface area contributed by atoms with E-state index in [4.69, 9.17) is 34.8 Å². The smallest absolute Gasteiger partial charge is 0.262 e. The third-order valence-corrected chi connectivity index (χ3v) is 5.35. The molecular weight excluding hydrogens is 423 g/mol. The highest BCUT2D eigenvalue weighted by molar-refractivity contribution is 6.43. The lowest BCUT2D eigenvalue weighted by molar-refractivity contribution is -0.120. The van der Waals surface area contributed by atoms with Crippen molar-refractivity contribution in [1.82, 2.24) is 4.90 Å². The number of hydrogen-bond donors (Lipinski definition) is 1. The second-order valence-electron chi connectivity index (χ2n) is 6.93. The summed E-state index contributed by atoms with van der Waals surface area (Å²) in [5.41, 5.74) is 0.811. The van der Waals surface area contributed by atoms with Crippen molar-refractivity contribution in [3.8, 4) is 0 Å². The first-order valence-corrected chi connectivity index (χ1v) is 9.75. The minimum atomic E-state index is -0.972. The average Bonchev–Trinajstić information content (AvgIpc) is 2.86. The fourth-order valence-electron chi connectivity index (χ4n) is 3.07. The van der Waals surface area contributed by atoms with E-state index in [9.17, 15) is 14.4 Å². The molecule has 0 saturated carbocycles. The van der Waals surface area contributed by atoms with Crippen LogP contribution in [0.2, 0.25) is 15.1 Å². The molecule has 1 heterocycles. The van der Waals surface area contributed by atoms with Crippen LogP contribution >= 0.6 is 34.8 Å². The third kappa shape index (κ3) is 4.02. The topological polar surface area (TPSA) is 66.5 Å². The van der Waals surface area contributed by atoms with Crippen LogP contribution in [0.25, 0.3) is 0 Å². The molecule has 1 N–H and O–H groups in total. The van der Waals surface area contributed by atoms with E-state index in [-0.39, 0.29) is 27.1 Å². The van der Waals surface area contributed by atoms with Crippen molar-refractivity contribution < 1.29 is 14.4 Å². The van der Waals surface area contributed by atoms with Gasteiger partial charge in [-0.15, -0.1) is 0 Å². The molecule has 0 saturated heterocycles. The van der Waals surface area contributed by atoms with Crippen LogP contribution in [0.4, 0.5) is 5.69 Å². The van der Waals surface area contributed by atoms with Crippen LogP contribution in [0, 0.1) is 5.92 Å². The molecule has 0 unspecified atom stereocenters. The summed E-state index contributed by atoms with van der Waals surface area (Å²) in [7, 11) is 0. The van der Waals surface area contributed by atoms with Crippen molar-refractivity contribution in [3.63, 3.8) is 0 Å². The maximum atomic E-state index is 13.0. The van der Waals surface area contributed by atoms with Crippen molar-refractivity contribution in [2.24, 2.45) is 5.92 Å². The number of amides is 3. The fraction of sp³-hybridized carbons (Fsp3) is 0.250. The second-order valence-corrected chi connectivity index (χ2v) is 8.18. The normalized spacial score (nSPS) is 14.4. The Labute approximate surface area is 177 Å². The minimum absolute atomic E-state index is 0.0671. The average molecular weight is 440 g/mol. The van der Waals surface area contributed by atoms with E-state index in [1.54, 1.807) is 24.3 Å². The van der Waals surface area contributed by atoms with Gasteiger partial charge in [0, 0.05) is 10.7 Å². The Morgan fingerprint density at radius 3 is 1.93 bits per heavy atom. The molecular formula is C20H17Cl3N2O3. The summed E-state index contributed by atoms with van der Waals surface area (Å²) in [6, 6.07) is 8.33. The lowest BCUT2D eigenvalue weighted by atomic mass is 10.0. The quantitative estimate of drug-likeness (QED) is 0.643. The van der Waals surface area contributed by atoms with Crippen molar-refractivity contribution in [2.45, 2.75) is 26.3 Å². The molecule has 5 nitrogen and oxygen atoms in total. The lowest BCUT2D eigenvalue weighted by Gasteiger charge is -2.26. The van der Waals surface area contributed by atoms with Gasteiger partial charge in [0.05, 0.1) is 21.2 Å². The van der Waals surface area contributed by atoms with Gasteiger partial charge in [0.2, 0.25) is 5.91 Å². The predicted molar refractivity (Wildman–Crippen MR) is 110 cm³/mol. The number of halogens is 3. The highest BCUT2D eigenvalue weighted by Gasteiger charge is 2.43. The van der Waals surface area contributed by atoms with Gasteiger partial charge >= 0.3 is 0 Å². The second kappa shape index (κ2) is 8.11. The number of anilines is 1. The number of rotatable bonds is 5. The highest BCUT2D eigenvalue weighted by atomic mass is 35.5. The van der Waals surface area contributed by atoms with Gasteiger partial charge in [0.25, 0.3) is 11.8 Å². The molecule has 3 rings (SSSR count). The summed E-state index contributed by atoms with van der Waals surface area (Å²) in [6.45, 7) is 3.82. The number of fused-ring (bicyclic) bond motifs is 1. The molecule has 8 heteroatoms. The largest absolute Gasteiger partial charge is 0.324 e. The van der Waals surface area contributed by atoms with Gasteiger partial charge in [-0.1, -0.05) is 48.7 Å². The van der Waals surface area contributed by atoms with Gasteiger partial charge < -0.3 is 5.32 Å². The van der Waals surface area contributed by atoms with Crippen molar-refractivity contribution in [3.05, 3.63) is 62.6 Å². The van der Waals surface area contributed by atoms with E-state index < -0.39 is 23.8 Å². The molecule has 28 heavy (non-hydrogen) atoms. The molecule has 0 spiro atoms. The molecule has 1 atom stereocenters. The van der Waals surface area contributed by atoms with Gasteiger partial charge in [0.1, 0.15) is 6.04 Å². The number of nitrogens with one attached hydrogen (secondary N) is 1. The molecule has 146 valence electrons. The molecule has 1 aliphatic heterocycles. The van der Waals surface area contributed by atoms with Crippen LogP contribution in [0.15, 0.2) is 36.4 Å². The van der Waals surface area contributed by atoms with Crippen LogP contribution in [-0.4, -0.2) is 28.7 Å². The number of nitrogens with zero attached hydrogens (tertiary/aromatic N) is 1. The maximum Gasteiger partial charge on any atom is 0.262 e. The number of carbonyl (C=O) groups excluding carboxylic acids is 3. The van der Waals surface area contributed by atoms with Crippen LogP contribution in [0.1, 0.15) is 41.0 Å². The summed E-state index contributed by atoms with van der Waals surface area (Å²) < 4.78 is 0. The zero-order chi connectivity index (χ0) is 20.6. The summed E-state index contributed by atoms with van der Waals surface area (Å²) in [4.78, 5) is 39.7. The molecule has 2 aromatic rings. The third-order valence-electron chi connectivity index (χ3n) is 4.38. The monoisotopic (exact) mass is 438 g/mol. The minimum Gasteiger partial charge on any atom is -0.324 e. The number of carbonyl (C=O) groups is 3. The number of imide groups is 1. The Morgan fingerprint density at radius 1 is 0.964 bits per heavy atom. The van der Waals surface area contributed by atoms with Crippen molar-refractivity contribution in [2.75, 3.05) is 5.32 Å². The van der Waals surface area contributed by atoms with Gasteiger partial charge in [-0.05, 0) is 48.7 Å². The molecule has 1 aliphatic rings. The first-order valence-electron chi connectivity index (χ1n) is 8.62. The zero-order valence-electron chi connectivity index (χ0n) is 15.1. The predicted octanol–water partition coefficient (Wildman–Crippen LogP) is 5.30. The van der Waals surface area contributed by atoms with E-state index in [0.717, 1.165) is 4.90 Å². The van der Waals surface area contributed by atoms with Gasteiger partial charge in [0.15, 0.2) is 0 Å².